The van der Waals surface area contributed by atoms with Gasteiger partial charge in [0, 0.05) is 18.2 Å². The number of hydrogen-bond donors (Lipinski definition) is 1. The lowest BCUT2D eigenvalue weighted by Crippen LogP contribution is -2.21. The van der Waals surface area contributed by atoms with Gasteiger partial charge in [-0.1, -0.05) is 24.3 Å². The lowest BCUT2D eigenvalue weighted by molar-refractivity contribution is -0.116. The second-order valence-electron chi connectivity index (χ2n) is 5.05. The fourth-order valence-corrected chi connectivity index (χ4v) is 2.22. The number of benzene rings is 2. The van der Waals surface area contributed by atoms with Crippen molar-refractivity contribution in [2.45, 2.75) is 6.54 Å². The molecule has 1 aliphatic heterocycles. The first kappa shape index (κ1) is 15.1. The molecule has 1 N–H and O–H groups in total. The van der Waals surface area contributed by atoms with Gasteiger partial charge in [-0.2, -0.15) is 0 Å². The lowest BCUT2D eigenvalue weighted by atomic mass is 10.2. The van der Waals surface area contributed by atoms with Crippen molar-refractivity contribution in [2.24, 2.45) is 0 Å². The summed E-state index contributed by atoms with van der Waals surface area (Å²) in [5.74, 6) is 0.752. The highest BCUT2D eigenvalue weighted by Crippen LogP contribution is 2.30. The zero-order valence-corrected chi connectivity index (χ0v) is 12.4. The molecule has 0 saturated heterocycles. The summed E-state index contributed by atoms with van der Waals surface area (Å²) >= 11 is 0. The van der Waals surface area contributed by atoms with E-state index in [0.717, 1.165) is 5.56 Å². The maximum atomic E-state index is 13.4. The molecular formula is C18H16FNO3. The van der Waals surface area contributed by atoms with E-state index in [4.69, 9.17) is 9.47 Å². The van der Waals surface area contributed by atoms with Crippen molar-refractivity contribution in [2.75, 3.05) is 13.2 Å². The molecule has 1 amide bonds. The highest BCUT2D eigenvalue weighted by Gasteiger charge is 2.11. The minimum atomic E-state index is -0.358. The number of fused-ring (bicyclic) bond motifs is 1. The van der Waals surface area contributed by atoms with Gasteiger partial charge in [0.1, 0.15) is 19.0 Å². The Morgan fingerprint density at radius 2 is 1.91 bits per heavy atom. The van der Waals surface area contributed by atoms with Gasteiger partial charge in [0.15, 0.2) is 11.5 Å². The van der Waals surface area contributed by atoms with Crippen LogP contribution in [0.4, 0.5) is 4.39 Å². The third-order valence-electron chi connectivity index (χ3n) is 3.39. The molecule has 1 heterocycles. The van der Waals surface area contributed by atoms with Gasteiger partial charge in [-0.3, -0.25) is 4.79 Å². The first-order chi connectivity index (χ1) is 11.2. The molecule has 0 aromatic heterocycles. The molecule has 4 nitrogen and oxygen atoms in total. The van der Waals surface area contributed by atoms with Gasteiger partial charge < -0.3 is 14.8 Å². The van der Waals surface area contributed by atoms with Gasteiger partial charge in [0.2, 0.25) is 5.91 Å². The minimum Gasteiger partial charge on any atom is -0.486 e. The molecule has 2 aromatic carbocycles. The van der Waals surface area contributed by atoms with E-state index in [0.29, 0.717) is 36.8 Å². The van der Waals surface area contributed by atoms with Crippen molar-refractivity contribution in [3.63, 3.8) is 0 Å². The first-order valence-electron chi connectivity index (χ1n) is 7.31. The van der Waals surface area contributed by atoms with Crippen LogP contribution in [-0.2, 0) is 11.3 Å². The first-order valence-corrected chi connectivity index (χ1v) is 7.31. The summed E-state index contributed by atoms with van der Waals surface area (Å²) in [6.45, 7) is 1.43. The second kappa shape index (κ2) is 6.96. The number of nitrogens with one attached hydrogen (secondary N) is 1. The molecule has 23 heavy (non-hydrogen) atoms. The summed E-state index contributed by atoms with van der Waals surface area (Å²) in [4.78, 5) is 11.8. The molecule has 0 bridgehead atoms. The molecule has 118 valence electrons. The Labute approximate surface area is 133 Å². The van der Waals surface area contributed by atoms with Gasteiger partial charge in [-0.25, -0.2) is 4.39 Å². The lowest BCUT2D eigenvalue weighted by Gasteiger charge is -2.18. The van der Waals surface area contributed by atoms with Crippen LogP contribution in [0.2, 0.25) is 0 Å². The quantitative estimate of drug-likeness (QED) is 0.883. The fourth-order valence-electron chi connectivity index (χ4n) is 2.22. The summed E-state index contributed by atoms with van der Waals surface area (Å²) in [6.07, 6.45) is 2.77. The minimum absolute atomic E-state index is 0.289. The standard InChI is InChI=1S/C18H16FNO3/c19-15-4-2-1-3-14(15)6-8-18(21)20-12-13-5-7-16-17(11-13)23-10-9-22-16/h1-8,11H,9-10,12H2,(H,20,21)/b8-6+. The Morgan fingerprint density at radius 3 is 2.74 bits per heavy atom. The zero-order valence-electron chi connectivity index (χ0n) is 12.4. The van der Waals surface area contributed by atoms with Crippen molar-refractivity contribution in [1.29, 1.82) is 0 Å². The molecule has 0 aliphatic carbocycles. The van der Waals surface area contributed by atoms with Crippen LogP contribution in [0.5, 0.6) is 11.5 Å². The van der Waals surface area contributed by atoms with Crippen molar-refractivity contribution < 1.29 is 18.7 Å². The van der Waals surface area contributed by atoms with E-state index in [1.54, 1.807) is 18.2 Å². The molecule has 0 atom stereocenters. The topological polar surface area (TPSA) is 47.6 Å². The Balaban J connectivity index is 1.58. The van der Waals surface area contributed by atoms with Crippen LogP contribution in [0.3, 0.4) is 0 Å². The van der Waals surface area contributed by atoms with E-state index in [1.807, 2.05) is 18.2 Å². The maximum absolute atomic E-state index is 13.4. The summed E-state index contributed by atoms with van der Waals surface area (Å²) < 4.78 is 24.4. The predicted octanol–water partition coefficient (Wildman–Crippen LogP) is 2.93. The SMILES string of the molecule is O=C(/C=C/c1ccccc1F)NCc1ccc2c(c1)OCCO2. The van der Waals surface area contributed by atoms with E-state index in [2.05, 4.69) is 5.32 Å². The number of rotatable bonds is 4. The molecule has 0 spiro atoms. The Morgan fingerprint density at radius 1 is 1.13 bits per heavy atom. The third-order valence-corrected chi connectivity index (χ3v) is 3.39. The number of carbonyl (C=O) groups excluding carboxylic acids is 1. The Bertz CT molecular complexity index is 743. The van der Waals surface area contributed by atoms with Crippen molar-refractivity contribution in [3.8, 4) is 11.5 Å². The molecule has 0 fully saturated rings. The third kappa shape index (κ3) is 3.88. The largest absolute Gasteiger partial charge is 0.486 e. The monoisotopic (exact) mass is 313 g/mol. The molecule has 0 saturated carbocycles. The maximum Gasteiger partial charge on any atom is 0.244 e. The van der Waals surface area contributed by atoms with E-state index < -0.39 is 0 Å². The number of amides is 1. The summed E-state index contributed by atoms with van der Waals surface area (Å²) in [5, 5.41) is 2.75. The van der Waals surface area contributed by atoms with E-state index >= 15 is 0 Å². The van der Waals surface area contributed by atoms with Crippen LogP contribution in [-0.4, -0.2) is 19.1 Å². The molecular weight excluding hydrogens is 297 g/mol. The fraction of sp³-hybridized carbons (Fsp3) is 0.167. The smallest absolute Gasteiger partial charge is 0.244 e. The van der Waals surface area contributed by atoms with Gasteiger partial charge in [0.05, 0.1) is 0 Å². The Hall–Kier alpha value is -2.82. The van der Waals surface area contributed by atoms with E-state index in [9.17, 15) is 9.18 Å². The van der Waals surface area contributed by atoms with Gasteiger partial charge in [0.25, 0.3) is 0 Å². The van der Waals surface area contributed by atoms with Crippen LogP contribution >= 0.6 is 0 Å². The normalized spacial score (nSPS) is 13.1. The highest BCUT2D eigenvalue weighted by atomic mass is 19.1. The molecule has 2 aromatic rings. The number of ether oxygens (including phenoxy) is 2. The van der Waals surface area contributed by atoms with Crippen molar-refractivity contribution in [3.05, 3.63) is 65.5 Å². The average Bonchev–Trinajstić information content (AvgIpc) is 2.59. The van der Waals surface area contributed by atoms with Crippen LogP contribution in [0.15, 0.2) is 48.5 Å². The highest BCUT2D eigenvalue weighted by molar-refractivity contribution is 5.91. The molecule has 5 heteroatoms. The van der Waals surface area contributed by atoms with Crippen molar-refractivity contribution in [1.82, 2.24) is 5.32 Å². The molecule has 1 aliphatic rings. The number of halogens is 1. The molecule has 0 unspecified atom stereocenters. The number of hydrogen-bond acceptors (Lipinski definition) is 3. The van der Waals surface area contributed by atoms with Crippen LogP contribution in [0.1, 0.15) is 11.1 Å². The average molecular weight is 313 g/mol. The van der Waals surface area contributed by atoms with E-state index in [-0.39, 0.29) is 11.7 Å². The molecule has 0 radical (unpaired) electrons. The summed E-state index contributed by atoms with van der Waals surface area (Å²) in [6, 6.07) is 11.8. The van der Waals surface area contributed by atoms with E-state index in [1.165, 1.54) is 18.2 Å². The second-order valence-corrected chi connectivity index (χ2v) is 5.05. The Kier molecular flexibility index (Phi) is 4.57. The van der Waals surface area contributed by atoms with Crippen molar-refractivity contribution >= 4 is 12.0 Å². The van der Waals surface area contributed by atoms with Crippen LogP contribution in [0, 0.1) is 5.82 Å². The number of carbonyl (C=O) groups is 1. The van der Waals surface area contributed by atoms with Crippen LogP contribution in [0.25, 0.3) is 6.08 Å². The summed E-state index contributed by atoms with van der Waals surface area (Å²) in [5.41, 5.74) is 1.28. The zero-order chi connectivity index (χ0) is 16.1. The van der Waals surface area contributed by atoms with Gasteiger partial charge >= 0.3 is 0 Å². The van der Waals surface area contributed by atoms with Gasteiger partial charge in [-0.15, -0.1) is 0 Å². The van der Waals surface area contributed by atoms with Gasteiger partial charge in [-0.05, 0) is 29.8 Å². The molecule has 3 rings (SSSR count). The summed E-state index contributed by atoms with van der Waals surface area (Å²) in [7, 11) is 0. The van der Waals surface area contributed by atoms with Crippen LogP contribution < -0.4 is 14.8 Å². The predicted molar refractivity (Wildman–Crippen MR) is 84.7 cm³/mol.